The molecule has 1 aromatic heterocycles. The highest BCUT2D eigenvalue weighted by atomic mass is 35.5. The zero-order valence-corrected chi connectivity index (χ0v) is 14.1. The number of benzene rings is 2. The van der Waals surface area contributed by atoms with Crippen LogP contribution in [0.1, 0.15) is 17.5 Å². The van der Waals surface area contributed by atoms with Crippen LogP contribution in [0.25, 0.3) is 5.69 Å². The van der Waals surface area contributed by atoms with E-state index in [9.17, 15) is 4.79 Å². The molecule has 4 nitrogen and oxygen atoms in total. The van der Waals surface area contributed by atoms with E-state index < -0.39 is 0 Å². The molecule has 3 rings (SSSR count). The first-order valence-electron chi connectivity index (χ1n) is 7.77. The highest BCUT2D eigenvalue weighted by Crippen LogP contribution is 2.20. The lowest BCUT2D eigenvalue weighted by Crippen LogP contribution is -2.13. The maximum absolute atomic E-state index is 12.1. The molecular formula is C19H18ClN3O. The van der Waals surface area contributed by atoms with Crippen molar-refractivity contribution < 1.29 is 4.79 Å². The van der Waals surface area contributed by atoms with E-state index in [1.807, 2.05) is 60.3 Å². The third kappa shape index (κ3) is 4.03. The average molecular weight is 340 g/mol. The molecule has 0 fully saturated rings. The molecule has 0 unspecified atom stereocenters. The van der Waals surface area contributed by atoms with E-state index in [0.717, 1.165) is 22.5 Å². The van der Waals surface area contributed by atoms with Gasteiger partial charge in [-0.05, 0) is 54.8 Å². The van der Waals surface area contributed by atoms with Crippen LogP contribution in [0.3, 0.4) is 0 Å². The van der Waals surface area contributed by atoms with Crippen LogP contribution in [0.4, 0.5) is 5.69 Å². The summed E-state index contributed by atoms with van der Waals surface area (Å²) in [6.07, 6.45) is 4.80. The summed E-state index contributed by atoms with van der Waals surface area (Å²) in [5, 5.41) is 7.93. The molecule has 2 aromatic carbocycles. The Labute approximate surface area is 146 Å². The van der Waals surface area contributed by atoms with Crippen molar-refractivity contribution in [1.82, 2.24) is 9.78 Å². The first-order chi connectivity index (χ1) is 11.6. The summed E-state index contributed by atoms with van der Waals surface area (Å²) in [4.78, 5) is 12.1. The fourth-order valence-electron chi connectivity index (χ4n) is 2.45. The summed E-state index contributed by atoms with van der Waals surface area (Å²) in [5.74, 6) is -0.0205. The molecule has 0 aliphatic rings. The van der Waals surface area contributed by atoms with Gasteiger partial charge in [0.15, 0.2) is 0 Å². The van der Waals surface area contributed by atoms with Crippen LogP contribution in [0.15, 0.2) is 60.9 Å². The number of anilines is 1. The Hall–Kier alpha value is -2.59. The minimum absolute atomic E-state index is 0.0205. The van der Waals surface area contributed by atoms with Gasteiger partial charge in [0.1, 0.15) is 0 Å². The molecule has 0 saturated heterocycles. The van der Waals surface area contributed by atoms with Crippen LogP contribution < -0.4 is 5.32 Å². The summed E-state index contributed by atoms with van der Waals surface area (Å²) in [6, 6.07) is 15.3. The van der Waals surface area contributed by atoms with Gasteiger partial charge in [-0.15, -0.1) is 0 Å². The second-order valence-corrected chi connectivity index (χ2v) is 6.07. The second kappa shape index (κ2) is 7.32. The van der Waals surface area contributed by atoms with Crippen molar-refractivity contribution in [2.24, 2.45) is 0 Å². The molecule has 1 N–H and O–H groups in total. The van der Waals surface area contributed by atoms with Gasteiger partial charge in [0, 0.05) is 23.3 Å². The zero-order valence-electron chi connectivity index (χ0n) is 13.4. The number of rotatable bonds is 5. The molecule has 0 saturated carbocycles. The van der Waals surface area contributed by atoms with Crippen molar-refractivity contribution in [1.29, 1.82) is 0 Å². The first-order valence-corrected chi connectivity index (χ1v) is 8.14. The number of hydrogen-bond donors (Lipinski definition) is 1. The fourth-order valence-corrected chi connectivity index (χ4v) is 2.68. The summed E-state index contributed by atoms with van der Waals surface area (Å²) in [7, 11) is 0. The number of aromatic nitrogens is 2. The van der Waals surface area contributed by atoms with Crippen molar-refractivity contribution in [3.63, 3.8) is 0 Å². The number of carbonyl (C=O) groups excluding carboxylic acids is 1. The Morgan fingerprint density at radius 3 is 2.75 bits per heavy atom. The minimum atomic E-state index is -0.0205. The SMILES string of the molecule is Cc1cc(Cl)ccc1NC(=O)CCc1cnn(-c2ccccc2)c1. The van der Waals surface area contributed by atoms with Gasteiger partial charge in [-0.1, -0.05) is 29.8 Å². The predicted octanol–water partition coefficient (Wildman–Crippen LogP) is 4.41. The molecule has 0 radical (unpaired) electrons. The maximum atomic E-state index is 12.1. The topological polar surface area (TPSA) is 46.9 Å². The van der Waals surface area contributed by atoms with E-state index >= 15 is 0 Å². The normalized spacial score (nSPS) is 10.6. The summed E-state index contributed by atoms with van der Waals surface area (Å²) in [5.41, 5.74) is 3.78. The molecule has 0 spiro atoms. The monoisotopic (exact) mass is 339 g/mol. The van der Waals surface area contributed by atoms with Gasteiger partial charge >= 0.3 is 0 Å². The lowest BCUT2D eigenvalue weighted by atomic mass is 10.1. The molecule has 0 aliphatic carbocycles. The van der Waals surface area contributed by atoms with E-state index in [2.05, 4.69) is 10.4 Å². The van der Waals surface area contributed by atoms with Crippen LogP contribution in [0.2, 0.25) is 5.02 Å². The maximum Gasteiger partial charge on any atom is 0.224 e. The smallest absolute Gasteiger partial charge is 0.224 e. The fraction of sp³-hybridized carbons (Fsp3) is 0.158. The van der Waals surface area contributed by atoms with Crippen LogP contribution in [-0.2, 0) is 11.2 Å². The summed E-state index contributed by atoms with van der Waals surface area (Å²) < 4.78 is 1.82. The third-order valence-electron chi connectivity index (χ3n) is 3.76. The number of nitrogens with zero attached hydrogens (tertiary/aromatic N) is 2. The van der Waals surface area contributed by atoms with E-state index in [1.54, 1.807) is 12.3 Å². The number of amides is 1. The number of para-hydroxylation sites is 1. The number of aryl methyl sites for hydroxylation is 2. The van der Waals surface area contributed by atoms with Crippen molar-refractivity contribution in [3.8, 4) is 5.69 Å². The molecule has 0 atom stereocenters. The molecule has 122 valence electrons. The van der Waals surface area contributed by atoms with Gasteiger partial charge in [0.2, 0.25) is 5.91 Å². The van der Waals surface area contributed by atoms with E-state index in [-0.39, 0.29) is 5.91 Å². The summed E-state index contributed by atoms with van der Waals surface area (Å²) >= 11 is 5.93. The van der Waals surface area contributed by atoms with Crippen molar-refractivity contribution in [2.75, 3.05) is 5.32 Å². The third-order valence-corrected chi connectivity index (χ3v) is 4.00. The Morgan fingerprint density at radius 2 is 2.00 bits per heavy atom. The molecule has 3 aromatic rings. The Balaban J connectivity index is 1.58. The lowest BCUT2D eigenvalue weighted by Gasteiger charge is -2.08. The van der Waals surface area contributed by atoms with Gasteiger partial charge in [-0.25, -0.2) is 4.68 Å². The minimum Gasteiger partial charge on any atom is -0.326 e. The van der Waals surface area contributed by atoms with Gasteiger partial charge in [-0.2, -0.15) is 5.10 Å². The van der Waals surface area contributed by atoms with Crippen LogP contribution in [0, 0.1) is 6.92 Å². The predicted molar refractivity (Wildman–Crippen MR) is 96.7 cm³/mol. The highest BCUT2D eigenvalue weighted by Gasteiger charge is 2.07. The zero-order chi connectivity index (χ0) is 16.9. The van der Waals surface area contributed by atoms with Crippen molar-refractivity contribution in [2.45, 2.75) is 19.8 Å². The van der Waals surface area contributed by atoms with E-state index in [0.29, 0.717) is 17.9 Å². The van der Waals surface area contributed by atoms with E-state index in [1.165, 1.54) is 0 Å². The molecule has 0 aliphatic heterocycles. The van der Waals surface area contributed by atoms with Crippen LogP contribution in [-0.4, -0.2) is 15.7 Å². The molecular weight excluding hydrogens is 322 g/mol. The standard InChI is InChI=1S/C19H18ClN3O/c1-14-11-16(20)8-9-18(14)22-19(24)10-7-15-12-21-23(13-15)17-5-3-2-4-6-17/h2-6,8-9,11-13H,7,10H2,1H3,(H,22,24). The Bertz CT molecular complexity index is 843. The second-order valence-electron chi connectivity index (χ2n) is 5.64. The number of carbonyl (C=O) groups is 1. The van der Waals surface area contributed by atoms with Crippen molar-refractivity contribution in [3.05, 3.63) is 77.1 Å². The van der Waals surface area contributed by atoms with Crippen LogP contribution in [0.5, 0.6) is 0 Å². The first kappa shape index (κ1) is 16.3. The van der Waals surface area contributed by atoms with Gasteiger partial charge in [-0.3, -0.25) is 4.79 Å². The molecule has 1 heterocycles. The van der Waals surface area contributed by atoms with Gasteiger partial charge in [0.25, 0.3) is 0 Å². The number of hydrogen-bond acceptors (Lipinski definition) is 2. The van der Waals surface area contributed by atoms with Crippen LogP contribution >= 0.6 is 11.6 Å². The number of nitrogens with one attached hydrogen (secondary N) is 1. The van der Waals surface area contributed by atoms with Crippen molar-refractivity contribution >= 4 is 23.2 Å². The van der Waals surface area contributed by atoms with E-state index in [4.69, 9.17) is 11.6 Å². The van der Waals surface area contributed by atoms with Gasteiger partial charge < -0.3 is 5.32 Å². The number of halogens is 1. The largest absolute Gasteiger partial charge is 0.326 e. The quantitative estimate of drug-likeness (QED) is 0.748. The molecule has 1 amide bonds. The summed E-state index contributed by atoms with van der Waals surface area (Å²) in [6.45, 7) is 1.92. The molecule has 24 heavy (non-hydrogen) atoms. The molecule has 0 bridgehead atoms. The lowest BCUT2D eigenvalue weighted by molar-refractivity contribution is -0.116. The highest BCUT2D eigenvalue weighted by molar-refractivity contribution is 6.30. The Morgan fingerprint density at radius 1 is 1.21 bits per heavy atom. The Kier molecular flexibility index (Phi) is 4.96. The average Bonchev–Trinajstić information content (AvgIpc) is 3.05. The van der Waals surface area contributed by atoms with Gasteiger partial charge in [0.05, 0.1) is 11.9 Å². The molecule has 5 heteroatoms.